The third-order valence-electron chi connectivity index (χ3n) is 5.74. The van der Waals surface area contributed by atoms with Crippen molar-refractivity contribution in [3.63, 3.8) is 0 Å². The lowest BCUT2D eigenvalue weighted by molar-refractivity contribution is -0.136. The average Bonchev–Trinajstić information content (AvgIpc) is 3.08. The third kappa shape index (κ3) is 5.00. The number of benzene rings is 2. The summed E-state index contributed by atoms with van der Waals surface area (Å²) in [4.78, 5) is 29.0. The molecule has 0 fully saturated rings. The molecule has 0 radical (unpaired) electrons. The molecular formula is C24H32N4O2. The van der Waals surface area contributed by atoms with Crippen molar-refractivity contribution in [3.05, 3.63) is 59.2 Å². The number of carbonyl (C=O) groups excluding carboxylic acids is 2. The number of amides is 2. The standard InChI is InChI=1S/C24H32N4O2/c1-16(2)17-6-9-20(10-7-17)26-24(30)23(29)25-15-22(27(3)4)18-8-11-21-19(14-18)12-13-28(21)5/h6-11,14,16,22H,12-13,15H2,1-5H3,(H,25,29)(H,26,30)/t22-/m1/s1. The van der Waals surface area contributed by atoms with Gasteiger partial charge in [-0.05, 0) is 61.3 Å². The lowest BCUT2D eigenvalue weighted by Gasteiger charge is -2.26. The predicted molar refractivity (Wildman–Crippen MR) is 122 cm³/mol. The molecule has 6 nitrogen and oxygen atoms in total. The largest absolute Gasteiger partial charge is 0.374 e. The summed E-state index contributed by atoms with van der Waals surface area (Å²) in [7, 11) is 6.06. The van der Waals surface area contributed by atoms with E-state index in [0.717, 1.165) is 18.5 Å². The summed E-state index contributed by atoms with van der Waals surface area (Å²) in [5.74, 6) is -0.864. The summed E-state index contributed by atoms with van der Waals surface area (Å²) in [5, 5.41) is 5.45. The molecule has 2 amide bonds. The van der Waals surface area contributed by atoms with E-state index in [1.165, 1.54) is 16.8 Å². The molecule has 1 heterocycles. The average molecular weight is 409 g/mol. The summed E-state index contributed by atoms with van der Waals surface area (Å²) < 4.78 is 0. The number of hydrogen-bond donors (Lipinski definition) is 2. The molecule has 2 aromatic rings. The molecule has 0 unspecified atom stereocenters. The highest BCUT2D eigenvalue weighted by molar-refractivity contribution is 6.39. The molecule has 2 aromatic carbocycles. The molecule has 2 N–H and O–H groups in total. The number of nitrogens with one attached hydrogen (secondary N) is 2. The van der Waals surface area contributed by atoms with Gasteiger partial charge in [-0.3, -0.25) is 9.59 Å². The Morgan fingerprint density at radius 2 is 1.70 bits per heavy atom. The summed E-state index contributed by atoms with van der Waals surface area (Å²) in [6.07, 6.45) is 1.03. The van der Waals surface area contributed by atoms with Crippen LogP contribution in [0.2, 0.25) is 0 Å². The molecule has 30 heavy (non-hydrogen) atoms. The van der Waals surface area contributed by atoms with E-state index in [9.17, 15) is 9.59 Å². The van der Waals surface area contributed by atoms with E-state index in [-0.39, 0.29) is 6.04 Å². The zero-order valence-electron chi connectivity index (χ0n) is 18.5. The van der Waals surface area contributed by atoms with Crippen LogP contribution in [-0.4, -0.2) is 50.9 Å². The summed E-state index contributed by atoms with van der Waals surface area (Å²) in [6, 6.07) is 14.0. The van der Waals surface area contributed by atoms with E-state index in [2.05, 4.69) is 59.5 Å². The molecule has 160 valence electrons. The predicted octanol–water partition coefficient (Wildman–Crippen LogP) is 3.16. The van der Waals surface area contributed by atoms with E-state index in [0.29, 0.717) is 18.2 Å². The Morgan fingerprint density at radius 1 is 1.03 bits per heavy atom. The van der Waals surface area contributed by atoms with Gasteiger partial charge in [0.15, 0.2) is 0 Å². The van der Waals surface area contributed by atoms with Gasteiger partial charge in [0, 0.05) is 31.5 Å². The van der Waals surface area contributed by atoms with Crippen molar-refractivity contribution >= 4 is 23.2 Å². The van der Waals surface area contributed by atoms with Crippen molar-refractivity contribution in [2.75, 3.05) is 44.4 Å². The van der Waals surface area contributed by atoms with Crippen LogP contribution in [-0.2, 0) is 16.0 Å². The Bertz CT molecular complexity index is 906. The number of carbonyl (C=O) groups is 2. The number of rotatable bonds is 6. The van der Waals surface area contributed by atoms with Crippen LogP contribution in [0, 0.1) is 0 Å². The Labute approximate surface area is 179 Å². The van der Waals surface area contributed by atoms with Crippen LogP contribution in [0.1, 0.15) is 42.5 Å². The van der Waals surface area contributed by atoms with E-state index in [4.69, 9.17) is 0 Å². The van der Waals surface area contributed by atoms with E-state index < -0.39 is 11.8 Å². The number of likely N-dealkylation sites (N-methyl/N-ethyl adjacent to an activating group) is 2. The second kappa shape index (κ2) is 9.30. The fraction of sp³-hybridized carbons (Fsp3) is 0.417. The van der Waals surface area contributed by atoms with Gasteiger partial charge in [-0.15, -0.1) is 0 Å². The van der Waals surface area contributed by atoms with Crippen molar-refractivity contribution < 1.29 is 9.59 Å². The molecule has 3 rings (SSSR count). The smallest absolute Gasteiger partial charge is 0.313 e. The van der Waals surface area contributed by atoms with Crippen LogP contribution in [0.3, 0.4) is 0 Å². The van der Waals surface area contributed by atoms with Gasteiger partial charge in [-0.25, -0.2) is 0 Å². The molecule has 0 spiro atoms. The lowest BCUT2D eigenvalue weighted by atomic mass is 10.0. The maximum atomic E-state index is 12.4. The van der Waals surface area contributed by atoms with Gasteiger partial charge in [-0.2, -0.15) is 0 Å². The normalized spacial score (nSPS) is 14.0. The van der Waals surface area contributed by atoms with Crippen molar-refractivity contribution in [2.45, 2.75) is 32.2 Å². The summed E-state index contributed by atoms with van der Waals surface area (Å²) in [5.41, 5.74) is 5.54. The molecule has 1 aliphatic heterocycles. The second-order valence-corrected chi connectivity index (χ2v) is 8.48. The molecule has 0 saturated heterocycles. The Balaban J connectivity index is 1.60. The SMILES string of the molecule is CC(C)c1ccc(NC(=O)C(=O)NC[C@H](c2ccc3c(c2)CCN3C)N(C)C)cc1. The van der Waals surface area contributed by atoms with Crippen molar-refractivity contribution in [2.24, 2.45) is 0 Å². The van der Waals surface area contributed by atoms with Crippen LogP contribution >= 0.6 is 0 Å². The van der Waals surface area contributed by atoms with Crippen molar-refractivity contribution in [3.8, 4) is 0 Å². The monoisotopic (exact) mass is 408 g/mol. The molecule has 1 aliphatic rings. The maximum Gasteiger partial charge on any atom is 0.313 e. The molecule has 0 aromatic heterocycles. The highest BCUT2D eigenvalue weighted by atomic mass is 16.2. The van der Waals surface area contributed by atoms with Crippen molar-refractivity contribution in [1.29, 1.82) is 0 Å². The van der Waals surface area contributed by atoms with Gasteiger partial charge in [0.2, 0.25) is 0 Å². The van der Waals surface area contributed by atoms with Crippen LogP contribution in [0.4, 0.5) is 11.4 Å². The van der Waals surface area contributed by atoms with Crippen molar-refractivity contribution in [1.82, 2.24) is 10.2 Å². The van der Waals surface area contributed by atoms with Crippen LogP contribution in [0.25, 0.3) is 0 Å². The minimum absolute atomic E-state index is 0.0109. The quantitative estimate of drug-likeness (QED) is 0.721. The Hall–Kier alpha value is -2.86. The minimum Gasteiger partial charge on any atom is -0.374 e. The van der Waals surface area contributed by atoms with Gasteiger partial charge in [0.1, 0.15) is 0 Å². The third-order valence-corrected chi connectivity index (χ3v) is 5.74. The van der Waals surface area contributed by atoms with Gasteiger partial charge in [0.05, 0.1) is 6.04 Å². The molecular weight excluding hydrogens is 376 g/mol. The maximum absolute atomic E-state index is 12.4. The Morgan fingerprint density at radius 3 is 2.33 bits per heavy atom. The highest BCUT2D eigenvalue weighted by Crippen LogP contribution is 2.30. The molecule has 0 aliphatic carbocycles. The molecule has 0 saturated carbocycles. The number of nitrogens with zero attached hydrogens (tertiary/aromatic N) is 2. The first kappa shape index (κ1) is 21.8. The first-order valence-corrected chi connectivity index (χ1v) is 10.5. The van der Waals surface area contributed by atoms with Gasteiger partial charge in [-0.1, -0.05) is 38.1 Å². The fourth-order valence-corrected chi connectivity index (χ4v) is 3.80. The molecule has 6 heteroatoms. The van der Waals surface area contributed by atoms with Gasteiger partial charge >= 0.3 is 11.8 Å². The van der Waals surface area contributed by atoms with Crippen LogP contribution < -0.4 is 15.5 Å². The molecule has 1 atom stereocenters. The van der Waals surface area contributed by atoms with E-state index in [1.807, 2.05) is 38.4 Å². The number of hydrogen-bond acceptors (Lipinski definition) is 4. The van der Waals surface area contributed by atoms with Gasteiger partial charge in [0.25, 0.3) is 0 Å². The summed E-state index contributed by atoms with van der Waals surface area (Å²) in [6.45, 7) is 5.61. The fourth-order valence-electron chi connectivity index (χ4n) is 3.80. The van der Waals surface area contributed by atoms with Crippen LogP contribution in [0.5, 0.6) is 0 Å². The van der Waals surface area contributed by atoms with Gasteiger partial charge < -0.3 is 20.4 Å². The first-order valence-electron chi connectivity index (χ1n) is 10.5. The highest BCUT2D eigenvalue weighted by Gasteiger charge is 2.22. The first-order chi connectivity index (χ1) is 14.3. The minimum atomic E-state index is -0.652. The van der Waals surface area contributed by atoms with Crippen LogP contribution in [0.15, 0.2) is 42.5 Å². The number of fused-ring (bicyclic) bond motifs is 1. The topological polar surface area (TPSA) is 64.7 Å². The summed E-state index contributed by atoms with van der Waals surface area (Å²) >= 11 is 0. The second-order valence-electron chi connectivity index (χ2n) is 8.48. The molecule has 0 bridgehead atoms. The Kier molecular flexibility index (Phi) is 6.77. The zero-order chi connectivity index (χ0) is 21.8. The number of anilines is 2. The zero-order valence-corrected chi connectivity index (χ0v) is 18.5. The van der Waals surface area contributed by atoms with E-state index >= 15 is 0 Å². The lowest BCUT2D eigenvalue weighted by Crippen LogP contribution is -2.40. The van der Waals surface area contributed by atoms with E-state index in [1.54, 1.807) is 0 Å².